The molecule has 2 rings (SSSR count). The number of piperidine rings is 1. The van der Waals surface area contributed by atoms with Gasteiger partial charge in [-0.1, -0.05) is 23.2 Å². The van der Waals surface area contributed by atoms with Crippen LogP contribution >= 0.6 is 35.0 Å². The van der Waals surface area contributed by atoms with Gasteiger partial charge in [0, 0.05) is 4.90 Å². The van der Waals surface area contributed by atoms with Crippen LogP contribution in [0.15, 0.2) is 23.1 Å². The van der Waals surface area contributed by atoms with Crippen LogP contribution in [0.2, 0.25) is 10.0 Å². The van der Waals surface area contributed by atoms with E-state index in [1.165, 1.54) is 37.2 Å². The zero-order chi connectivity index (χ0) is 12.1. The predicted molar refractivity (Wildman–Crippen MR) is 77.4 cm³/mol. The van der Waals surface area contributed by atoms with Crippen molar-refractivity contribution in [3.63, 3.8) is 0 Å². The van der Waals surface area contributed by atoms with Crippen LogP contribution in [-0.2, 0) is 0 Å². The zero-order valence-corrected chi connectivity index (χ0v) is 12.0. The van der Waals surface area contributed by atoms with Crippen molar-refractivity contribution in [2.75, 3.05) is 18.8 Å². The highest BCUT2D eigenvalue weighted by molar-refractivity contribution is 7.99. The lowest BCUT2D eigenvalue weighted by atomic mass is 9.97. The predicted octanol–water partition coefficient (Wildman–Crippen LogP) is 4.48. The minimum absolute atomic E-state index is 0.632. The molecule has 1 aromatic rings. The summed E-state index contributed by atoms with van der Waals surface area (Å²) in [5.41, 5.74) is 0. The second kappa shape index (κ2) is 6.89. The van der Waals surface area contributed by atoms with Crippen molar-refractivity contribution >= 4 is 35.0 Å². The molecule has 17 heavy (non-hydrogen) atoms. The van der Waals surface area contributed by atoms with E-state index in [2.05, 4.69) is 5.32 Å². The highest BCUT2D eigenvalue weighted by Crippen LogP contribution is 2.29. The lowest BCUT2D eigenvalue weighted by Gasteiger charge is -2.22. The van der Waals surface area contributed by atoms with Crippen molar-refractivity contribution in [1.82, 2.24) is 5.32 Å². The van der Waals surface area contributed by atoms with Crippen molar-refractivity contribution in [2.24, 2.45) is 5.92 Å². The summed E-state index contributed by atoms with van der Waals surface area (Å²) >= 11 is 13.7. The van der Waals surface area contributed by atoms with Gasteiger partial charge in [-0.05, 0) is 62.2 Å². The minimum Gasteiger partial charge on any atom is -0.316 e. The average Bonchev–Trinajstić information content (AvgIpc) is 2.35. The normalized spacial score (nSPS) is 20.5. The molecule has 1 N–H and O–H groups in total. The molecular weight excluding hydrogens is 273 g/mol. The fourth-order valence-corrected chi connectivity index (χ4v) is 3.50. The molecule has 1 unspecified atom stereocenters. The lowest BCUT2D eigenvalue weighted by molar-refractivity contribution is 0.371. The Morgan fingerprint density at radius 3 is 2.88 bits per heavy atom. The smallest absolute Gasteiger partial charge is 0.0603 e. The molecule has 0 saturated carbocycles. The van der Waals surface area contributed by atoms with Gasteiger partial charge >= 0.3 is 0 Å². The van der Waals surface area contributed by atoms with E-state index in [1.54, 1.807) is 0 Å². The number of nitrogens with one attached hydrogen (secondary N) is 1. The fraction of sp³-hybridized carbons (Fsp3) is 0.538. The zero-order valence-electron chi connectivity index (χ0n) is 9.72. The molecular formula is C13H17Cl2NS. The van der Waals surface area contributed by atoms with E-state index >= 15 is 0 Å². The van der Waals surface area contributed by atoms with E-state index in [4.69, 9.17) is 23.2 Å². The van der Waals surface area contributed by atoms with Gasteiger partial charge in [0.2, 0.25) is 0 Å². The molecule has 1 aliphatic heterocycles. The molecule has 1 fully saturated rings. The topological polar surface area (TPSA) is 12.0 Å². The maximum absolute atomic E-state index is 5.99. The first-order valence-corrected chi connectivity index (χ1v) is 7.78. The summed E-state index contributed by atoms with van der Waals surface area (Å²) < 4.78 is 0. The molecule has 0 aromatic heterocycles. The van der Waals surface area contributed by atoms with Crippen molar-refractivity contribution in [2.45, 2.75) is 24.2 Å². The van der Waals surface area contributed by atoms with E-state index in [1.807, 2.05) is 30.0 Å². The number of benzene rings is 1. The average molecular weight is 290 g/mol. The van der Waals surface area contributed by atoms with E-state index in [9.17, 15) is 0 Å². The first kappa shape index (κ1) is 13.5. The van der Waals surface area contributed by atoms with Crippen LogP contribution in [0.25, 0.3) is 0 Å². The molecule has 0 bridgehead atoms. The van der Waals surface area contributed by atoms with E-state index in [0.29, 0.717) is 10.0 Å². The third-order valence-electron chi connectivity index (χ3n) is 3.08. The molecule has 4 heteroatoms. The van der Waals surface area contributed by atoms with E-state index in [-0.39, 0.29) is 0 Å². The monoisotopic (exact) mass is 289 g/mol. The lowest BCUT2D eigenvalue weighted by Crippen LogP contribution is -2.29. The van der Waals surface area contributed by atoms with Crippen molar-refractivity contribution < 1.29 is 0 Å². The summed E-state index contributed by atoms with van der Waals surface area (Å²) in [6.45, 7) is 2.37. The van der Waals surface area contributed by atoms with Crippen molar-refractivity contribution in [3.8, 4) is 0 Å². The summed E-state index contributed by atoms with van der Waals surface area (Å²) in [4.78, 5) is 1.21. The number of halogens is 2. The van der Waals surface area contributed by atoms with Gasteiger partial charge in [-0.15, -0.1) is 11.8 Å². The third-order valence-corrected chi connectivity index (χ3v) is 4.85. The Hall–Kier alpha value is 0.110. The summed E-state index contributed by atoms with van der Waals surface area (Å²) in [5, 5.41) is 4.73. The fourth-order valence-electron chi connectivity index (χ4n) is 2.08. The Morgan fingerprint density at radius 2 is 2.18 bits per heavy atom. The number of hydrogen-bond donors (Lipinski definition) is 1. The van der Waals surface area contributed by atoms with Gasteiger partial charge in [-0.2, -0.15) is 0 Å². The quantitative estimate of drug-likeness (QED) is 0.821. The maximum Gasteiger partial charge on any atom is 0.0603 e. The van der Waals surface area contributed by atoms with Gasteiger partial charge in [0.25, 0.3) is 0 Å². The Kier molecular flexibility index (Phi) is 5.49. The highest BCUT2D eigenvalue weighted by atomic mass is 35.5. The molecule has 0 spiro atoms. The largest absolute Gasteiger partial charge is 0.316 e. The summed E-state index contributed by atoms with van der Waals surface area (Å²) in [6.07, 6.45) is 3.97. The Morgan fingerprint density at radius 1 is 1.29 bits per heavy atom. The number of rotatable bonds is 4. The van der Waals surface area contributed by atoms with Crippen LogP contribution in [0.1, 0.15) is 19.3 Å². The summed E-state index contributed by atoms with van der Waals surface area (Å²) in [7, 11) is 0. The molecule has 1 aromatic carbocycles. The second-order valence-corrected chi connectivity index (χ2v) is 6.41. The third kappa shape index (κ3) is 4.36. The standard InChI is InChI=1S/C13H17Cl2NS/c14-12-4-3-11(8-13(12)15)17-7-5-10-2-1-6-16-9-10/h3-4,8,10,16H,1-2,5-7,9H2. The molecule has 1 atom stereocenters. The number of hydrogen-bond acceptors (Lipinski definition) is 2. The van der Waals surface area contributed by atoms with E-state index < -0.39 is 0 Å². The molecule has 0 radical (unpaired) electrons. The first-order valence-electron chi connectivity index (χ1n) is 6.04. The minimum atomic E-state index is 0.632. The molecule has 1 aliphatic rings. The van der Waals surface area contributed by atoms with Crippen LogP contribution in [0, 0.1) is 5.92 Å². The summed E-state index contributed by atoms with van der Waals surface area (Å²) in [5.74, 6) is 2.00. The second-order valence-electron chi connectivity index (χ2n) is 4.43. The van der Waals surface area contributed by atoms with Crippen LogP contribution in [0.5, 0.6) is 0 Å². The number of thioether (sulfide) groups is 1. The molecule has 0 aliphatic carbocycles. The van der Waals surface area contributed by atoms with Crippen molar-refractivity contribution in [1.29, 1.82) is 0 Å². The molecule has 0 amide bonds. The Bertz CT molecular complexity index is 364. The molecule has 1 heterocycles. The molecule has 1 nitrogen and oxygen atoms in total. The van der Waals surface area contributed by atoms with Gasteiger partial charge in [-0.3, -0.25) is 0 Å². The first-order chi connectivity index (χ1) is 8.25. The molecule has 94 valence electrons. The Labute approximate surface area is 117 Å². The van der Waals surface area contributed by atoms with Gasteiger partial charge in [0.15, 0.2) is 0 Å². The van der Waals surface area contributed by atoms with Crippen LogP contribution in [0.4, 0.5) is 0 Å². The van der Waals surface area contributed by atoms with Gasteiger partial charge in [0.05, 0.1) is 10.0 Å². The van der Waals surface area contributed by atoms with Gasteiger partial charge < -0.3 is 5.32 Å². The summed E-state index contributed by atoms with van der Waals surface area (Å²) in [6, 6.07) is 5.86. The van der Waals surface area contributed by atoms with Gasteiger partial charge in [-0.25, -0.2) is 0 Å². The SMILES string of the molecule is Clc1ccc(SCCC2CCCNC2)cc1Cl. The Balaban J connectivity index is 1.75. The van der Waals surface area contributed by atoms with Gasteiger partial charge in [0.1, 0.15) is 0 Å². The molecule has 1 saturated heterocycles. The van der Waals surface area contributed by atoms with E-state index in [0.717, 1.165) is 11.7 Å². The van der Waals surface area contributed by atoms with Crippen LogP contribution in [0.3, 0.4) is 0 Å². The maximum atomic E-state index is 5.99. The highest BCUT2D eigenvalue weighted by Gasteiger charge is 2.12. The van der Waals surface area contributed by atoms with Crippen molar-refractivity contribution in [3.05, 3.63) is 28.2 Å². The van der Waals surface area contributed by atoms with Crippen LogP contribution in [-0.4, -0.2) is 18.8 Å². The van der Waals surface area contributed by atoms with Crippen LogP contribution < -0.4 is 5.32 Å².